The van der Waals surface area contributed by atoms with Crippen molar-refractivity contribution in [1.82, 2.24) is 25.1 Å². The molecule has 0 bridgehead atoms. The molecule has 1 N–H and O–H groups in total. The van der Waals surface area contributed by atoms with Crippen LogP contribution in [0.15, 0.2) is 83.7 Å². The highest BCUT2D eigenvalue weighted by atomic mass is 19.1. The average molecular weight is 430 g/mol. The molecule has 0 aliphatic carbocycles. The molecule has 0 amide bonds. The Labute approximate surface area is 181 Å². The molecule has 0 saturated carbocycles. The predicted molar refractivity (Wildman–Crippen MR) is 114 cm³/mol. The molecule has 0 aliphatic heterocycles. The van der Waals surface area contributed by atoms with E-state index in [1.807, 2.05) is 0 Å². The molecule has 2 aromatic carbocycles. The lowest BCUT2D eigenvalue weighted by atomic mass is 10.1. The van der Waals surface area contributed by atoms with Crippen LogP contribution < -0.4 is 5.32 Å². The highest BCUT2D eigenvalue weighted by Gasteiger charge is 2.19. The van der Waals surface area contributed by atoms with Gasteiger partial charge in [-0.1, -0.05) is 22.5 Å². The number of hydrogen-bond acceptors (Lipinski definition) is 6. The molecule has 9 heteroatoms. The lowest BCUT2D eigenvalue weighted by Crippen LogP contribution is -2.05. The largest absolute Gasteiger partial charge is 0.363 e. The minimum atomic E-state index is -0.394. The fourth-order valence-electron chi connectivity index (χ4n) is 3.32. The standard InChI is InChI=1S/C23H16F2N6O/c24-16-7-5-15(6-8-16)20-10-9-17(13-26-20)31-23(18-3-1-2-4-19(18)25)21(28-30-31)14-27-22-11-12-32-29-22/h1-13H,14H2,(H,27,29). The first-order valence-corrected chi connectivity index (χ1v) is 9.75. The summed E-state index contributed by atoms with van der Waals surface area (Å²) in [6.07, 6.45) is 3.07. The van der Waals surface area contributed by atoms with E-state index in [4.69, 9.17) is 4.52 Å². The van der Waals surface area contributed by atoms with Crippen LogP contribution in [0.25, 0.3) is 28.2 Å². The summed E-state index contributed by atoms with van der Waals surface area (Å²) in [6, 6.07) is 17.8. The van der Waals surface area contributed by atoms with Crippen molar-refractivity contribution in [1.29, 1.82) is 0 Å². The Morgan fingerprint density at radius 2 is 1.78 bits per heavy atom. The minimum Gasteiger partial charge on any atom is -0.363 e. The molecule has 3 heterocycles. The number of aromatic nitrogens is 5. The molecule has 0 aliphatic rings. The highest BCUT2D eigenvalue weighted by Crippen LogP contribution is 2.28. The van der Waals surface area contributed by atoms with Crippen LogP contribution in [-0.2, 0) is 6.54 Å². The van der Waals surface area contributed by atoms with Crippen LogP contribution in [0.5, 0.6) is 0 Å². The maximum absolute atomic E-state index is 14.7. The van der Waals surface area contributed by atoms with Gasteiger partial charge in [0.25, 0.3) is 0 Å². The first-order chi connectivity index (χ1) is 15.7. The fourth-order valence-corrected chi connectivity index (χ4v) is 3.32. The molecule has 0 saturated heterocycles. The lowest BCUT2D eigenvalue weighted by molar-refractivity contribution is 0.422. The third kappa shape index (κ3) is 3.83. The van der Waals surface area contributed by atoms with E-state index in [9.17, 15) is 8.78 Å². The fraction of sp³-hybridized carbons (Fsp3) is 0.0435. The van der Waals surface area contributed by atoms with Crippen LogP contribution >= 0.6 is 0 Å². The second-order valence-electron chi connectivity index (χ2n) is 6.92. The number of halogens is 2. The van der Waals surface area contributed by atoms with E-state index in [1.165, 1.54) is 24.5 Å². The van der Waals surface area contributed by atoms with Gasteiger partial charge in [-0.05, 0) is 48.5 Å². The number of anilines is 1. The van der Waals surface area contributed by atoms with Crippen molar-refractivity contribution >= 4 is 5.82 Å². The van der Waals surface area contributed by atoms with E-state index in [1.54, 1.807) is 59.4 Å². The summed E-state index contributed by atoms with van der Waals surface area (Å²) in [5.74, 6) is -0.173. The molecule has 7 nitrogen and oxygen atoms in total. The highest BCUT2D eigenvalue weighted by molar-refractivity contribution is 5.66. The van der Waals surface area contributed by atoms with Gasteiger partial charge in [-0.15, -0.1) is 5.10 Å². The van der Waals surface area contributed by atoms with Crippen molar-refractivity contribution in [3.63, 3.8) is 0 Å². The SMILES string of the molecule is Fc1ccc(-c2ccc(-n3nnc(CNc4ccon4)c3-c3ccccc3F)cn2)cc1. The number of rotatable bonds is 6. The Hall–Kier alpha value is -4.40. The van der Waals surface area contributed by atoms with Gasteiger partial charge < -0.3 is 9.84 Å². The summed E-state index contributed by atoms with van der Waals surface area (Å²) >= 11 is 0. The van der Waals surface area contributed by atoms with Crippen LogP contribution in [-0.4, -0.2) is 25.1 Å². The van der Waals surface area contributed by atoms with Gasteiger partial charge in [0, 0.05) is 17.2 Å². The van der Waals surface area contributed by atoms with E-state index in [0.29, 0.717) is 34.2 Å². The van der Waals surface area contributed by atoms with Gasteiger partial charge in [-0.3, -0.25) is 4.98 Å². The van der Waals surface area contributed by atoms with E-state index >= 15 is 0 Å². The molecule has 0 fully saturated rings. The Morgan fingerprint density at radius 1 is 0.938 bits per heavy atom. The summed E-state index contributed by atoms with van der Waals surface area (Å²) < 4.78 is 34.3. The summed E-state index contributed by atoms with van der Waals surface area (Å²) in [5.41, 5.74) is 3.44. The Morgan fingerprint density at radius 3 is 2.50 bits per heavy atom. The van der Waals surface area contributed by atoms with Crippen LogP contribution in [0.3, 0.4) is 0 Å². The Kier molecular flexibility index (Phi) is 5.12. The van der Waals surface area contributed by atoms with Gasteiger partial charge in [0.05, 0.1) is 24.1 Å². The van der Waals surface area contributed by atoms with Crippen molar-refractivity contribution in [3.8, 4) is 28.2 Å². The van der Waals surface area contributed by atoms with Gasteiger partial charge in [0.15, 0.2) is 5.82 Å². The Balaban J connectivity index is 1.53. The van der Waals surface area contributed by atoms with Crippen LogP contribution in [0, 0.1) is 11.6 Å². The van der Waals surface area contributed by atoms with Gasteiger partial charge >= 0.3 is 0 Å². The molecule has 0 atom stereocenters. The molecule has 3 aromatic heterocycles. The van der Waals surface area contributed by atoms with Gasteiger partial charge in [-0.2, -0.15) is 0 Å². The number of pyridine rings is 1. The van der Waals surface area contributed by atoms with Crippen molar-refractivity contribution in [2.75, 3.05) is 5.32 Å². The van der Waals surface area contributed by atoms with Crippen molar-refractivity contribution in [3.05, 3.63) is 96.5 Å². The second-order valence-corrected chi connectivity index (χ2v) is 6.92. The molecule has 5 rings (SSSR count). The minimum absolute atomic E-state index is 0.261. The topological polar surface area (TPSA) is 81.7 Å². The molecule has 0 unspecified atom stereocenters. The normalized spacial score (nSPS) is 10.9. The van der Waals surface area contributed by atoms with Crippen molar-refractivity contribution in [2.24, 2.45) is 0 Å². The number of hydrogen-bond donors (Lipinski definition) is 1. The van der Waals surface area contributed by atoms with E-state index < -0.39 is 5.82 Å². The quantitative estimate of drug-likeness (QED) is 0.414. The summed E-state index contributed by atoms with van der Waals surface area (Å²) in [7, 11) is 0. The van der Waals surface area contributed by atoms with Gasteiger partial charge in [-0.25, -0.2) is 13.5 Å². The third-order valence-electron chi connectivity index (χ3n) is 4.88. The van der Waals surface area contributed by atoms with Crippen molar-refractivity contribution in [2.45, 2.75) is 6.54 Å². The zero-order valence-corrected chi connectivity index (χ0v) is 16.6. The zero-order chi connectivity index (χ0) is 21.9. The molecule has 0 spiro atoms. The van der Waals surface area contributed by atoms with Gasteiger partial charge in [0.2, 0.25) is 0 Å². The summed E-state index contributed by atoms with van der Waals surface area (Å²) in [5, 5.41) is 15.4. The first-order valence-electron chi connectivity index (χ1n) is 9.75. The van der Waals surface area contributed by atoms with Crippen LogP contribution in [0.4, 0.5) is 14.6 Å². The molecular weight excluding hydrogens is 414 g/mol. The van der Waals surface area contributed by atoms with Gasteiger partial charge in [0.1, 0.15) is 29.3 Å². The smallest absolute Gasteiger partial charge is 0.169 e. The Bertz CT molecular complexity index is 1330. The second kappa shape index (κ2) is 8.38. The van der Waals surface area contributed by atoms with E-state index in [0.717, 1.165) is 5.56 Å². The third-order valence-corrected chi connectivity index (χ3v) is 4.88. The maximum Gasteiger partial charge on any atom is 0.169 e. The predicted octanol–water partition coefficient (Wildman–Crippen LogP) is 4.87. The lowest BCUT2D eigenvalue weighted by Gasteiger charge is -2.10. The summed E-state index contributed by atoms with van der Waals surface area (Å²) in [4.78, 5) is 4.47. The number of nitrogens with one attached hydrogen (secondary N) is 1. The van der Waals surface area contributed by atoms with E-state index in [-0.39, 0.29) is 12.4 Å². The first kappa shape index (κ1) is 19.6. The summed E-state index contributed by atoms with van der Waals surface area (Å²) in [6.45, 7) is 0.261. The molecule has 32 heavy (non-hydrogen) atoms. The van der Waals surface area contributed by atoms with Crippen molar-refractivity contribution < 1.29 is 13.3 Å². The molecule has 5 aromatic rings. The zero-order valence-electron chi connectivity index (χ0n) is 16.6. The number of benzene rings is 2. The van der Waals surface area contributed by atoms with Crippen LogP contribution in [0.1, 0.15) is 5.69 Å². The van der Waals surface area contributed by atoms with Crippen LogP contribution in [0.2, 0.25) is 0 Å². The van der Waals surface area contributed by atoms with E-state index in [2.05, 4.69) is 25.8 Å². The molecular formula is C23H16F2N6O. The maximum atomic E-state index is 14.7. The monoisotopic (exact) mass is 430 g/mol. The molecule has 0 radical (unpaired) electrons. The average Bonchev–Trinajstić information content (AvgIpc) is 3.49. The number of nitrogens with zero attached hydrogens (tertiary/aromatic N) is 5. The molecule has 158 valence electrons.